The van der Waals surface area contributed by atoms with Crippen LogP contribution in [-0.4, -0.2) is 41.3 Å². The van der Waals surface area contributed by atoms with Gasteiger partial charge in [0.1, 0.15) is 17.9 Å². The summed E-state index contributed by atoms with van der Waals surface area (Å²) in [5.41, 5.74) is 0.407. The van der Waals surface area contributed by atoms with E-state index in [1.165, 1.54) is 4.90 Å². The normalized spacial score (nSPS) is 18.9. The van der Waals surface area contributed by atoms with Crippen molar-refractivity contribution < 1.29 is 24.2 Å². The van der Waals surface area contributed by atoms with Gasteiger partial charge in [-0.1, -0.05) is 42.5 Å². The van der Waals surface area contributed by atoms with Gasteiger partial charge in [-0.25, -0.2) is 9.59 Å². The van der Waals surface area contributed by atoms with E-state index >= 15 is 0 Å². The Labute approximate surface area is 158 Å². The fourth-order valence-electron chi connectivity index (χ4n) is 3.50. The van der Waals surface area contributed by atoms with Crippen molar-refractivity contribution in [2.24, 2.45) is 0 Å². The zero-order valence-corrected chi connectivity index (χ0v) is 15.3. The number of hydrogen-bond donors (Lipinski definition) is 1. The Morgan fingerprint density at radius 1 is 1.07 bits per heavy atom. The number of nitrogens with zero attached hydrogens (tertiary/aromatic N) is 1. The van der Waals surface area contributed by atoms with Crippen molar-refractivity contribution >= 4 is 12.1 Å². The fraction of sp³-hybridized carbons (Fsp3) is 0.333. The van der Waals surface area contributed by atoms with Gasteiger partial charge in [-0.05, 0) is 36.1 Å². The molecular weight excluding hydrogens is 346 g/mol. The number of carbonyl (C=O) groups is 2. The third kappa shape index (κ3) is 4.05. The number of methoxy groups -OCH3 is 1. The van der Waals surface area contributed by atoms with Crippen LogP contribution in [0.5, 0.6) is 5.75 Å². The molecule has 2 aromatic rings. The number of aliphatic carboxylic acids is 1. The molecule has 6 heteroatoms. The van der Waals surface area contributed by atoms with E-state index in [0.717, 1.165) is 11.1 Å². The third-order valence-corrected chi connectivity index (χ3v) is 4.97. The van der Waals surface area contributed by atoms with Crippen molar-refractivity contribution in [2.45, 2.75) is 31.4 Å². The molecule has 6 nitrogen and oxygen atoms in total. The van der Waals surface area contributed by atoms with Crippen LogP contribution >= 0.6 is 0 Å². The van der Waals surface area contributed by atoms with Crippen LogP contribution in [0.25, 0.3) is 0 Å². The number of amides is 1. The summed E-state index contributed by atoms with van der Waals surface area (Å²) >= 11 is 0. The summed E-state index contributed by atoms with van der Waals surface area (Å²) in [4.78, 5) is 26.2. The summed E-state index contributed by atoms with van der Waals surface area (Å²) in [6, 6.07) is 16.6. The molecule has 0 saturated carbocycles. The van der Waals surface area contributed by atoms with Gasteiger partial charge in [0.15, 0.2) is 0 Å². The quantitative estimate of drug-likeness (QED) is 0.843. The van der Waals surface area contributed by atoms with E-state index in [4.69, 9.17) is 9.47 Å². The first-order valence-electron chi connectivity index (χ1n) is 8.90. The smallest absolute Gasteiger partial charge is 0.411 e. The average Bonchev–Trinajstić information content (AvgIpc) is 3.12. The van der Waals surface area contributed by atoms with Gasteiger partial charge in [0.2, 0.25) is 0 Å². The lowest BCUT2D eigenvalue weighted by Crippen LogP contribution is -2.54. The first-order valence-corrected chi connectivity index (χ1v) is 8.90. The molecule has 1 amide bonds. The number of hydrogen-bond acceptors (Lipinski definition) is 4. The van der Waals surface area contributed by atoms with Gasteiger partial charge >= 0.3 is 12.1 Å². The molecule has 1 aliphatic rings. The highest BCUT2D eigenvalue weighted by molar-refractivity contribution is 5.85. The molecule has 0 bridgehead atoms. The molecule has 0 unspecified atom stereocenters. The van der Waals surface area contributed by atoms with Crippen LogP contribution in [0.4, 0.5) is 4.79 Å². The van der Waals surface area contributed by atoms with Crippen LogP contribution in [0.15, 0.2) is 54.6 Å². The Morgan fingerprint density at radius 3 is 2.41 bits per heavy atom. The summed E-state index contributed by atoms with van der Waals surface area (Å²) in [5, 5.41) is 9.96. The predicted molar refractivity (Wildman–Crippen MR) is 99.6 cm³/mol. The van der Waals surface area contributed by atoms with Gasteiger partial charge in [-0.3, -0.25) is 4.90 Å². The number of ether oxygens (including phenoxy) is 2. The molecule has 1 saturated heterocycles. The molecule has 142 valence electrons. The molecule has 1 heterocycles. The highest BCUT2D eigenvalue weighted by Gasteiger charge is 2.50. The van der Waals surface area contributed by atoms with Gasteiger partial charge < -0.3 is 14.6 Å². The Bertz CT molecular complexity index is 790. The highest BCUT2D eigenvalue weighted by Crippen LogP contribution is 2.34. The van der Waals surface area contributed by atoms with Crippen molar-refractivity contribution in [3.05, 3.63) is 65.7 Å². The van der Waals surface area contributed by atoms with Crippen molar-refractivity contribution in [1.29, 1.82) is 0 Å². The molecule has 0 aromatic heterocycles. The lowest BCUT2D eigenvalue weighted by molar-refractivity contribution is -0.148. The van der Waals surface area contributed by atoms with Gasteiger partial charge in [-0.2, -0.15) is 0 Å². The summed E-state index contributed by atoms with van der Waals surface area (Å²) in [7, 11) is 1.58. The zero-order valence-electron chi connectivity index (χ0n) is 15.3. The first kappa shape index (κ1) is 18.8. The number of benzene rings is 2. The molecule has 0 spiro atoms. The molecule has 3 rings (SSSR count). The monoisotopic (exact) mass is 369 g/mol. The SMILES string of the molecule is COc1ccc(C[C@@]2(C(=O)O)CCCN2C(=O)OCc2ccccc2)cc1. The van der Waals surface area contributed by atoms with Crippen molar-refractivity contribution in [2.75, 3.05) is 13.7 Å². The maximum Gasteiger partial charge on any atom is 0.411 e. The number of carboxylic acids is 1. The minimum Gasteiger partial charge on any atom is -0.497 e. The standard InChI is InChI=1S/C21H23NO5/c1-26-18-10-8-16(9-11-18)14-21(19(23)24)12-5-13-22(21)20(25)27-15-17-6-3-2-4-7-17/h2-4,6-11H,5,12-15H2,1H3,(H,23,24)/t21-/m1/s1. The summed E-state index contributed by atoms with van der Waals surface area (Å²) < 4.78 is 10.5. The summed E-state index contributed by atoms with van der Waals surface area (Å²) in [6.07, 6.45) is 0.664. The van der Waals surface area contributed by atoms with Crippen LogP contribution in [0.3, 0.4) is 0 Å². The van der Waals surface area contributed by atoms with Crippen LogP contribution in [0.2, 0.25) is 0 Å². The number of rotatable bonds is 6. The number of likely N-dealkylation sites (tertiary alicyclic amines) is 1. The minimum absolute atomic E-state index is 0.119. The molecule has 2 aromatic carbocycles. The van der Waals surface area contributed by atoms with Crippen LogP contribution < -0.4 is 4.74 Å². The maximum absolute atomic E-state index is 12.6. The van der Waals surface area contributed by atoms with Crippen LogP contribution in [-0.2, 0) is 22.6 Å². The highest BCUT2D eigenvalue weighted by atomic mass is 16.6. The molecular formula is C21H23NO5. The summed E-state index contributed by atoms with van der Waals surface area (Å²) in [5.74, 6) is -0.304. The lowest BCUT2D eigenvalue weighted by Gasteiger charge is -2.34. The molecule has 1 fully saturated rings. The summed E-state index contributed by atoms with van der Waals surface area (Å²) in [6.45, 7) is 0.491. The van der Waals surface area contributed by atoms with E-state index in [1.807, 2.05) is 42.5 Å². The van der Waals surface area contributed by atoms with Crippen LogP contribution in [0.1, 0.15) is 24.0 Å². The largest absolute Gasteiger partial charge is 0.497 e. The van der Waals surface area contributed by atoms with Crippen molar-refractivity contribution in [1.82, 2.24) is 4.90 Å². The molecule has 1 atom stereocenters. The van der Waals surface area contributed by atoms with E-state index in [-0.39, 0.29) is 13.0 Å². The Kier molecular flexibility index (Phi) is 5.64. The Balaban J connectivity index is 1.75. The maximum atomic E-state index is 12.6. The van der Waals surface area contributed by atoms with E-state index in [1.54, 1.807) is 19.2 Å². The number of carboxylic acid groups (broad SMARTS) is 1. The van der Waals surface area contributed by atoms with Crippen molar-refractivity contribution in [3.63, 3.8) is 0 Å². The molecule has 0 aliphatic carbocycles. The van der Waals surface area contributed by atoms with E-state index in [9.17, 15) is 14.7 Å². The van der Waals surface area contributed by atoms with Gasteiger partial charge in [-0.15, -0.1) is 0 Å². The van der Waals surface area contributed by atoms with Gasteiger partial charge in [0.05, 0.1) is 7.11 Å². The zero-order chi connectivity index (χ0) is 19.3. The predicted octanol–water partition coefficient (Wildman–Crippen LogP) is 3.49. The molecule has 0 radical (unpaired) electrons. The lowest BCUT2D eigenvalue weighted by atomic mass is 9.88. The second-order valence-electron chi connectivity index (χ2n) is 6.66. The second-order valence-corrected chi connectivity index (χ2v) is 6.66. The molecule has 1 aliphatic heterocycles. The van der Waals surface area contributed by atoms with Gasteiger partial charge in [0.25, 0.3) is 0 Å². The molecule has 27 heavy (non-hydrogen) atoms. The average molecular weight is 369 g/mol. The first-order chi connectivity index (χ1) is 13.0. The topological polar surface area (TPSA) is 76.1 Å². The number of carbonyl (C=O) groups excluding carboxylic acids is 1. The van der Waals surface area contributed by atoms with Crippen molar-refractivity contribution in [3.8, 4) is 5.75 Å². The van der Waals surface area contributed by atoms with E-state index in [0.29, 0.717) is 25.1 Å². The minimum atomic E-state index is -1.29. The van der Waals surface area contributed by atoms with Crippen LogP contribution in [0, 0.1) is 0 Å². The van der Waals surface area contributed by atoms with Gasteiger partial charge in [0, 0.05) is 13.0 Å². The Hall–Kier alpha value is -3.02. The Morgan fingerprint density at radius 2 is 1.78 bits per heavy atom. The third-order valence-electron chi connectivity index (χ3n) is 4.97. The second kappa shape index (κ2) is 8.12. The fourth-order valence-corrected chi connectivity index (χ4v) is 3.50. The molecule has 1 N–H and O–H groups in total. The van der Waals surface area contributed by atoms with E-state index in [2.05, 4.69) is 0 Å². The van der Waals surface area contributed by atoms with E-state index < -0.39 is 17.6 Å².